The summed E-state index contributed by atoms with van der Waals surface area (Å²) in [5.41, 5.74) is 15.8. The summed E-state index contributed by atoms with van der Waals surface area (Å²) in [6.07, 6.45) is 0.853. The lowest BCUT2D eigenvalue weighted by atomic mass is 9.70. The molecule has 0 atom stereocenters. The predicted molar refractivity (Wildman–Crippen MR) is 172 cm³/mol. The lowest BCUT2D eigenvalue weighted by Crippen LogP contribution is -2.25. The quantitative estimate of drug-likeness (QED) is 0.214. The molecule has 202 valence electrons. The highest BCUT2D eigenvalue weighted by atomic mass is 16.5. The zero-order chi connectivity index (χ0) is 28.3. The van der Waals surface area contributed by atoms with Crippen LogP contribution >= 0.6 is 0 Å². The van der Waals surface area contributed by atoms with Crippen LogP contribution in [-0.4, -0.2) is 9.55 Å². The van der Waals surface area contributed by atoms with E-state index >= 15 is 0 Å². The zero-order valence-electron chi connectivity index (χ0n) is 23.6. The van der Waals surface area contributed by atoms with Crippen LogP contribution in [0.2, 0.25) is 0 Å². The third-order valence-corrected chi connectivity index (χ3v) is 9.78. The number of fused-ring (bicyclic) bond motifs is 12. The van der Waals surface area contributed by atoms with Crippen molar-refractivity contribution >= 4 is 11.0 Å². The summed E-state index contributed by atoms with van der Waals surface area (Å²) < 4.78 is 8.81. The first-order valence-electron chi connectivity index (χ1n) is 15.0. The highest BCUT2D eigenvalue weighted by Crippen LogP contribution is 2.63. The van der Waals surface area contributed by atoms with E-state index in [0.29, 0.717) is 0 Å². The molecule has 0 saturated carbocycles. The van der Waals surface area contributed by atoms with Crippen molar-refractivity contribution in [3.63, 3.8) is 0 Å². The Balaban J connectivity index is 1.21. The average molecular weight is 551 g/mol. The lowest BCUT2D eigenvalue weighted by molar-refractivity contribution is 0.474. The molecule has 0 bridgehead atoms. The topological polar surface area (TPSA) is 27.1 Å². The van der Waals surface area contributed by atoms with Crippen molar-refractivity contribution in [2.24, 2.45) is 0 Å². The van der Waals surface area contributed by atoms with Gasteiger partial charge in [-0.15, -0.1) is 0 Å². The van der Waals surface area contributed by atoms with E-state index in [2.05, 4.69) is 127 Å². The summed E-state index contributed by atoms with van der Waals surface area (Å²) in [6, 6.07) is 46.7. The van der Waals surface area contributed by atoms with Gasteiger partial charge in [0.05, 0.1) is 16.6 Å². The van der Waals surface area contributed by atoms with Gasteiger partial charge in [-0.2, -0.15) is 0 Å². The van der Waals surface area contributed by atoms with Gasteiger partial charge in [-0.3, -0.25) is 4.57 Å². The molecule has 1 aromatic heterocycles. The zero-order valence-corrected chi connectivity index (χ0v) is 23.6. The Morgan fingerprint density at radius 2 is 1.19 bits per heavy atom. The molecular weight excluding hydrogens is 524 g/mol. The Labute approximate surface area is 249 Å². The molecular formula is C40H26N2O. The van der Waals surface area contributed by atoms with Crippen molar-refractivity contribution < 1.29 is 4.74 Å². The number of nitrogens with zero attached hydrogens (tertiary/aromatic N) is 2. The second-order valence-corrected chi connectivity index (χ2v) is 11.8. The third kappa shape index (κ3) is 2.78. The lowest BCUT2D eigenvalue weighted by Gasteiger charge is -2.30. The summed E-state index contributed by atoms with van der Waals surface area (Å²) in [4.78, 5) is 4.90. The van der Waals surface area contributed by atoms with E-state index in [9.17, 15) is 0 Å². The Morgan fingerprint density at radius 3 is 1.86 bits per heavy atom. The fourth-order valence-electron chi connectivity index (χ4n) is 8.08. The number of ether oxygens (including phenoxy) is 1. The summed E-state index contributed by atoms with van der Waals surface area (Å²) in [5, 5.41) is 0. The van der Waals surface area contributed by atoms with Gasteiger partial charge in [0.1, 0.15) is 11.3 Å². The molecule has 0 radical (unpaired) electrons. The monoisotopic (exact) mass is 550 g/mol. The first-order valence-corrected chi connectivity index (χ1v) is 15.0. The van der Waals surface area contributed by atoms with Crippen molar-refractivity contribution in [3.8, 4) is 50.6 Å². The van der Waals surface area contributed by atoms with E-state index in [1.54, 1.807) is 0 Å². The van der Waals surface area contributed by atoms with Crippen molar-refractivity contribution in [1.82, 2.24) is 9.55 Å². The maximum Gasteiger partial charge on any atom is 0.153 e. The van der Waals surface area contributed by atoms with Crippen LogP contribution in [0.5, 0.6) is 11.5 Å². The minimum absolute atomic E-state index is 0.350. The van der Waals surface area contributed by atoms with Crippen molar-refractivity contribution in [2.45, 2.75) is 18.8 Å². The van der Waals surface area contributed by atoms with Gasteiger partial charge in [0.15, 0.2) is 11.5 Å². The summed E-state index contributed by atoms with van der Waals surface area (Å²) >= 11 is 0. The van der Waals surface area contributed by atoms with Gasteiger partial charge < -0.3 is 4.74 Å². The molecule has 3 aliphatic rings. The minimum Gasteiger partial charge on any atom is -0.453 e. The van der Waals surface area contributed by atoms with E-state index in [-0.39, 0.29) is 5.41 Å². The molecule has 3 nitrogen and oxygen atoms in total. The second-order valence-electron chi connectivity index (χ2n) is 11.8. The largest absolute Gasteiger partial charge is 0.453 e. The van der Waals surface area contributed by atoms with Crippen LogP contribution in [0.25, 0.3) is 50.1 Å². The molecule has 0 N–H and O–H groups in total. The highest BCUT2D eigenvalue weighted by molar-refractivity contribution is 5.96. The van der Waals surface area contributed by atoms with E-state index in [1.807, 2.05) is 12.1 Å². The maximum absolute atomic E-state index is 6.54. The van der Waals surface area contributed by atoms with Crippen LogP contribution in [0.1, 0.15) is 35.0 Å². The number of benzene rings is 6. The summed E-state index contributed by atoms with van der Waals surface area (Å²) in [7, 11) is 0. The first kappa shape index (κ1) is 23.2. The SMILES string of the molecule is CCc1nc2cccc3c2n1-c1ccc(-c2ccc4c(c2)C2(c5ccccc5-c5ccccc52)c2ccccc2-4)cc1O3. The molecule has 10 rings (SSSR count). The van der Waals surface area contributed by atoms with Crippen LogP contribution in [0.4, 0.5) is 0 Å². The maximum atomic E-state index is 6.54. The predicted octanol–water partition coefficient (Wildman–Crippen LogP) is 9.70. The number of imidazole rings is 1. The molecule has 0 saturated heterocycles. The smallest absolute Gasteiger partial charge is 0.153 e. The van der Waals surface area contributed by atoms with E-state index in [0.717, 1.165) is 46.0 Å². The molecule has 1 spiro atoms. The van der Waals surface area contributed by atoms with Gasteiger partial charge in [0.2, 0.25) is 0 Å². The number of aryl methyl sites for hydroxylation is 1. The van der Waals surface area contributed by atoms with Crippen LogP contribution in [0, 0.1) is 0 Å². The number of rotatable bonds is 2. The number of hydrogen-bond acceptors (Lipinski definition) is 2. The van der Waals surface area contributed by atoms with Crippen LogP contribution in [0.3, 0.4) is 0 Å². The molecule has 43 heavy (non-hydrogen) atoms. The highest BCUT2D eigenvalue weighted by Gasteiger charge is 2.51. The molecule has 7 aromatic rings. The minimum atomic E-state index is -0.350. The number of hydrogen-bond donors (Lipinski definition) is 0. The molecule has 3 heteroatoms. The fraction of sp³-hybridized carbons (Fsp3) is 0.0750. The van der Waals surface area contributed by atoms with Gasteiger partial charge in [0.25, 0.3) is 0 Å². The molecule has 0 amide bonds. The second kappa shape index (κ2) is 8.11. The van der Waals surface area contributed by atoms with Crippen molar-refractivity contribution in [1.29, 1.82) is 0 Å². The molecule has 2 aliphatic carbocycles. The average Bonchev–Trinajstić information content (AvgIpc) is 3.69. The fourth-order valence-corrected chi connectivity index (χ4v) is 8.08. The Kier molecular flexibility index (Phi) is 4.37. The van der Waals surface area contributed by atoms with E-state index in [4.69, 9.17) is 9.72 Å². The van der Waals surface area contributed by atoms with Gasteiger partial charge >= 0.3 is 0 Å². The van der Waals surface area contributed by atoms with Gasteiger partial charge in [-0.1, -0.05) is 104 Å². The Bertz CT molecular complexity index is 2260. The first-order chi connectivity index (χ1) is 21.3. The number of para-hydroxylation sites is 1. The third-order valence-electron chi connectivity index (χ3n) is 9.78. The normalized spacial score (nSPS) is 14.2. The standard InChI is InChI=1S/C40H26N2O/c1-2-38-41-34-16-9-17-36-39(34)42(38)35-21-19-25(23-37(35)43-36)24-18-20-29-28-12-5-8-15-32(28)40(33(29)22-24)30-13-6-3-10-26(30)27-11-4-7-14-31(27)40/h3-23H,2H2,1H3. The van der Waals surface area contributed by atoms with Gasteiger partial charge in [-0.05, 0) is 86.0 Å². The molecule has 0 unspecified atom stereocenters. The van der Waals surface area contributed by atoms with E-state index < -0.39 is 0 Å². The molecule has 0 fully saturated rings. The summed E-state index contributed by atoms with van der Waals surface area (Å²) in [6.45, 7) is 2.16. The van der Waals surface area contributed by atoms with Crippen LogP contribution in [-0.2, 0) is 11.8 Å². The van der Waals surface area contributed by atoms with Gasteiger partial charge in [0, 0.05) is 6.42 Å². The molecule has 2 heterocycles. The molecule has 1 aliphatic heterocycles. The Hall–Kier alpha value is -5.41. The number of aromatic nitrogens is 2. The van der Waals surface area contributed by atoms with Crippen LogP contribution < -0.4 is 4.74 Å². The van der Waals surface area contributed by atoms with Crippen LogP contribution in [0.15, 0.2) is 127 Å². The van der Waals surface area contributed by atoms with E-state index in [1.165, 1.54) is 50.1 Å². The van der Waals surface area contributed by atoms with Crippen molar-refractivity contribution in [2.75, 3.05) is 0 Å². The molecule has 6 aromatic carbocycles. The summed E-state index contributed by atoms with van der Waals surface area (Å²) in [5.74, 6) is 2.77. The Morgan fingerprint density at radius 1 is 0.581 bits per heavy atom. The van der Waals surface area contributed by atoms with Gasteiger partial charge in [-0.25, -0.2) is 4.98 Å². The van der Waals surface area contributed by atoms with Crippen molar-refractivity contribution in [3.05, 3.63) is 155 Å².